The fourth-order valence-corrected chi connectivity index (χ4v) is 8.40. The number of rotatable bonds is 6. The molecule has 4 rings (SSSR count). The minimum Gasteiger partial charge on any atom is -0.481 e. The highest BCUT2D eigenvalue weighted by Gasteiger charge is 2.65. The molecule has 2 saturated carbocycles. The molecule has 0 heterocycles. The topological polar surface area (TPSA) is 112 Å². The van der Waals surface area contributed by atoms with Gasteiger partial charge in [0.25, 0.3) is 0 Å². The van der Waals surface area contributed by atoms with E-state index in [0.29, 0.717) is 42.4 Å². The summed E-state index contributed by atoms with van der Waals surface area (Å²) in [4.78, 5) is 38.8. The normalized spacial score (nSPS) is 42.7. The van der Waals surface area contributed by atoms with E-state index in [1.807, 2.05) is 13.8 Å². The van der Waals surface area contributed by atoms with Crippen molar-refractivity contribution in [2.45, 2.75) is 91.8 Å². The highest BCUT2D eigenvalue weighted by molar-refractivity contribution is 6.12. The van der Waals surface area contributed by atoms with Crippen molar-refractivity contribution in [3.8, 4) is 0 Å². The van der Waals surface area contributed by atoms with Gasteiger partial charge in [-0.25, -0.2) is 0 Å². The fraction of sp³-hybridized carbons (Fsp3) is 0.759. The fourth-order valence-electron chi connectivity index (χ4n) is 8.40. The van der Waals surface area contributed by atoms with Gasteiger partial charge in [0.15, 0.2) is 11.6 Å². The zero-order valence-electron chi connectivity index (χ0n) is 21.8. The van der Waals surface area contributed by atoms with Crippen LogP contribution in [0.2, 0.25) is 0 Å². The molecule has 4 aliphatic carbocycles. The summed E-state index contributed by atoms with van der Waals surface area (Å²) in [6.45, 7) is 13.8. The number of carboxylic acid groups (broad SMARTS) is 1. The average Bonchev–Trinajstić information content (AvgIpc) is 3.16. The zero-order valence-corrected chi connectivity index (χ0v) is 21.8. The largest absolute Gasteiger partial charge is 0.481 e. The monoisotopic (exact) mass is 486 g/mol. The second-order valence-electron chi connectivity index (χ2n) is 12.5. The molecule has 2 fully saturated rings. The summed E-state index contributed by atoms with van der Waals surface area (Å²) in [7, 11) is 0. The Morgan fingerprint density at radius 1 is 1.14 bits per heavy atom. The molecule has 10 atom stereocenters. The quantitative estimate of drug-likeness (QED) is 0.482. The summed E-state index contributed by atoms with van der Waals surface area (Å²) in [5.74, 6) is -1.84. The van der Waals surface area contributed by atoms with Gasteiger partial charge < -0.3 is 15.3 Å². The van der Waals surface area contributed by atoms with Crippen LogP contribution in [0.15, 0.2) is 23.3 Å². The van der Waals surface area contributed by atoms with E-state index in [4.69, 9.17) is 0 Å². The Labute approximate surface area is 208 Å². The molecule has 0 aromatic rings. The lowest BCUT2D eigenvalue weighted by atomic mass is 9.47. The lowest BCUT2D eigenvalue weighted by Gasteiger charge is -2.56. The Morgan fingerprint density at radius 2 is 1.80 bits per heavy atom. The van der Waals surface area contributed by atoms with Gasteiger partial charge in [-0.1, -0.05) is 39.8 Å². The predicted molar refractivity (Wildman–Crippen MR) is 132 cm³/mol. The second kappa shape index (κ2) is 8.95. The van der Waals surface area contributed by atoms with Gasteiger partial charge in [0.2, 0.25) is 0 Å². The van der Waals surface area contributed by atoms with Gasteiger partial charge in [0.1, 0.15) is 6.10 Å². The van der Waals surface area contributed by atoms with Crippen molar-refractivity contribution in [3.63, 3.8) is 0 Å². The molecule has 6 nitrogen and oxygen atoms in total. The van der Waals surface area contributed by atoms with Crippen molar-refractivity contribution in [1.82, 2.24) is 0 Å². The van der Waals surface area contributed by atoms with Crippen LogP contribution in [0.3, 0.4) is 0 Å². The van der Waals surface area contributed by atoms with Crippen LogP contribution in [-0.4, -0.2) is 45.1 Å². The number of allylic oxidation sites excluding steroid dienone is 1. The number of carbonyl (C=O) groups excluding carboxylic acids is 2. The summed E-state index contributed by atoms with van der Waals surface area (Å²) < 4.78 is 0. The van der Waals surface area contributed by atoms with Gasteiger partial charge in [0.05, 0.1) is 12.0 Å². The first-order valence-corrected chi connectivity index (χ1v) is 13.3. The predicted octanol–water partition coefficient (Wildman–Crippen LogP) is 4.34. The van der Waals surface area contributed by atoms with Gasteiger partial charge in [-0.2, -0.15) is 0 Å². The van der Waals surface area contributed by atoms with Crippen molar-refractivity contribution in [3.05, 3.63) is 23.3 Å². The first-order chi connectivity index (χ1) is 16.3. The molecule has 35 heavy (non-hydrogen) atoms. The van der Waals surface area contributed by atoms with E-state index in [9.17, 15) is 29.7 Å². The summed E-state index contributed by atoms with van der Waals surface area (Å²) in [6, 6.07) is 0. The Balaban J connectivity index is 1.66. The number of hydrogen-bond donors (Lipinski definition) is 3. The minimum absolute atomic E-state index is 0.0249. The number of aliphatic hydroxyl groups is 2. The number of aliphatic carboxylic acids is 1. The van der Waals surface area contributed by atoms with Gasteiger partial charge in [0, 0.05) is 28.4 Å². The van der Waals surface area contributed by atoms with E-state index < -0.39 is 34.9 Å². The van der Waals surface area contributed by atoms with Crippen molar-refractivity contribution in [2.24, 2.45) is 46.3 Å². The number of carbonyl (C=O) groups is 3. The lowest BCUT2D eigenvalue weighted by Crippen LogP contribution is -2.58. The van der Waals surface area contributed by atoms with Crippen LogP contribution in [0, 0.1) is 46.3 Å². The number of Topliss-reactive ketones (excluding diaryl/α,β-unsaturated/α-hetero) is 2. The maximum Gasteiger partial charge on any atom is 0.310 e. The van der Waals surface area contributed by atoms with E-state index in [0.717, 1.165) is 19.3 Å². The Bertz CT molecular complexity index is 980. The third-order valence-electron chi connectivity index (χ3n) is 10.9. The van der Waals surface area contributed by atoms with Gasteiger partial charge in [-0.15, -0.1) is 0 Å². The molecule has 4 aliphatic rings. The average molecular weight is 487 g/mol. The molecule has 3 unspecified atom stereocenters. The van der Waals surface area contributed by atoms with Gasteiger partial charge in [-0.05, 0) is 75.0 Å². The molecule has 0 amide bonds. The molecule has 0 radical (unpaired) electrons. The Hall–Kier alpha value is -1.79. The number of fused-ring (bicyclic) bond motifs is 4. The van der Waals surface area contributed by atoms with Crippen molar-refractivity contribution >= 4 is 17.5 Å². The van der Waals surface area contributed by atoms with Gasteiger partial charge >= 0.3 is 5.97 Å². The minimum atomic E-state index is -1.16. The van der Waals surface area contributed by atoms with Crippen molar-refractivity contribution in [2.75, 3.05) is 0 Å². The maximum atomic E-state index is 13.9. The molecule has 0 aromatic heterocycles. The van der Waals surface area contributed by atoms with E-state index in [1.165, 1.54) is 0 Å². The molecule has 0 aromatic carbocycles. The summed E-state index contributed by atoms with van der Waals surface area (Å²) in [5, 5.41) is 31.3. The van der Waals surface area contributed by atoms with E-state index >= 15 is 0 Å². The lowest BCUT2D eigenvalue weighted by molar-refractivity contribution is -0.145. The molecule has 0 spiro atoms. The first-order valence-electron chi connectivity index (χ1n) is 13.3. The third-order valence-corrected chi connectivity index (χ3v) is 10.9. The van der Waals surface area contributed by atoms with E-state index in [-0.39, 0.29) is 41.2 Å². The molecule has 3 N–H and O–H groups in total. The van der Waals surface area contributed by atoms with Crippen LogP contribution in [0.1, 0.15) is 79.6 Å². The van der Waals surface area contributed by atoms with Crippen molar-refractivity contribution in [1.29, 1.82) is 0 Å². The molecule has 0 saturated heterocycles. The van der Waals surface area contributed by atoms with Crippen LogP contribution in [0.5, 0.6) is 0 Å². The van der Waals surface area contributed by atoms with Crippen LogP contribution < -0.4 is 0 Å². The standard InChI is InChI=1S/C29H42O6/c1-14(16(3)27(34)35)7-8-15(2)18-9-10-19-23-22(31)13-20-17(4)21(30)11-12-28(20,5)24(23)25(32)26(33)29(18,19)6/h15-21,26,30,33H,1,7-13H2,2-6H3,(H,34,35)/t15-,16+,17+,18?,19+,20+,21?,26?,28+,29-/m1/s1. The molecule has 194 valence electrons. The highest BCUT2D eigenvalue weighted by atomic mass is 16.4. The molecule has 0 aliphatic heterocycles. The second-order valence-corrected chi connectivity index (χ2v) is 12.5. The van der Waals surface area contributed by atoms with Crippen molar-refractivity contribution < 1.29 is 29.7 Å². The first kappa shape index (κ1) is 26.3. The van der Waals surface area contributed by atoms with Crippen LogP contribution in [0.25, 0.3) is 0 Å². The number of aliphatic hydroxyl groups excluding tert-OH is 2. The number of ketones is 2. The Kier molecular flexibility index (Phi) is 6.72. The maximum absolute atomic E-state index is 13.9. The van der Waals surface area contributed by atoms with Crippen LogP contribution >= 0.6 is 0 Å². The zero-order chi connectivity index (χ0) is 26.0. The van der Waals surface area contributed by atoms with Gasteiger partial charge in [-0.3, -0.25) is 14.4 Å². The molecular weight excluding hydrogens is 444 g/mol. The van der Waals surface area contributed by atoms with E-state index in [1.54, 1.807) is 6.92 Å². The summed E-state index contributed by atoms with van der Waals surface area (Å²) in [6.07, 6.45) is 2.90. The SMILES string of the molecule is C=C(CC[C@@H](C)C1CC[C@H]2C3=C(C(=O)C(O)[C@]12C)[C@@]1(C)CCC(O)[C@@H](C)[C@@H]1CC3=O)[C@H](C)C(=O)O. The summed E-state index contributed by atoms with van der Waals surface area (Å²) in [5.41, 5.74) is 0.709. The van der Waals surface area contributed by atoms with Crippen LogP contribution in [0.4, 0.5) is 0 Å². The third kappa shape index (κ3) is 3.78. The summed E-state index contributed by atoms with van der Waals surface area (Å²) >= 11 is 0. The molecular formula is C29H42O6. The smallest absolute Gasteiger partial charge is 0.310 e. The van der Waals surface area contributed by atoms with Crippen LogP contribution in [-0.2, 0) is 14.4 Å². The molecule has 0 bridgehead atoms. The Morgan fingerprint density at radius 3 is 2.43 bits per heavy atom. The number of hydrogen-bond acceptors (Lipinski definition) is 5. The van der Waals surface area contributed by atoms with E-state index in [2.05, 4.69) is 20.4 Å². The molecule has 6 heteroatoms. The number of carboxylic acids is 1. The highest BCUT2D eigenvalue weighted by Crippen LogP contribution is 2.65.